The number of aryl methyl sites for hydroxylation is 1. The van der Waals surface area contributed by atoms with Gasteiger partial charge in [0.1, 0.15) is 0 Å². The van der Waals surface area contributed by atoms with E-state index in [4.69, 9.17) is 0 Å². The summed E-state index contributed by atoms with van der Waals surface area (Å²) >= 11 is 0. The Morgan fingerprint density at radius 2 is 1.61 bits per heavy atom. The number of anilines is 3. The lowest BCUT2D eigenvalue weighted by molar-refractivity contribution is 0.101. The molecule has 0 bridgehead atoms. The maximum atomic E-state index is 11.4. The third kappa shape index (κ3) is 5.96. The summed E-state index contributed by atoms with van der Waals surface area (Å²) in [6, 6.07) is 31.8. The molecule has 0 saturated heterocycles. The zero-order chi connectivity index (χ0) is 25.5. The van der Waals surface area contributed by atoms with Gasteiger partial charge in [0.05, 0.1) is 5.69 Å². The van der Waals surface area contributed by atoms with Crippen LogP contribution in [0.3, 0.4) is 0 Å². The number of aromatic nitrogens is 3. The van der Waals surface area contributed by atoms with Crippen LogP contribution in [0.4, 0.5) is 17.3 Å². The van der Waals surface area contributed by atoms with Crippen LogP contribution in [0, 0.1) is 0 Å². The second kappa shape index (κ2) is 11.3. The van der Waals surface area contributed by atoms with Crippen LogP contribution in [-0.4, -0.2) is 34.5 Å². The Morgan fingerprint density at radius 1 is 0.889 bits per heavy atom. The number of fused-ring (bicyclic) bond motifs is 1. The van der Waals surface area contributed by atoms with Crippen molar-refractivity contribution in [3.63, 3.8) is 0 Å². The standard InChI is InChI=1S/C20H16N4O.C10H15N/c1-14(25)15-10-12-16(13-11-15)18-8-5-9-19-22-20(23-24(18)19)21-17-6-3-2-4-7-17;1-4-9-6-5-7-10(8-9)11(2)3/h2-13H,1H3,(H,21,23);5-8H,4H2,1-3H3. The van der Waals surface area contributed by atoms with Crippen LogP contribution in [0.25, 0.3) is 16.9 Å². The Bertz CT molecular complexity index is 1440. The van der Waals surface area contributed by atoms with Crippen LogP contribution in [-0.2, 0) is 6.42 Å². The fraction of sp³-hybridized carbons (Fsp3) is 0.167. The predicted molar refractivity (Wildman–Crippen MR) is 148 cm³/mol. The van der Waals surface area contributed by atoms with Gasteiger partial charge >= 0.3 is 0 Å². The molecule has 2 heterocycles. The van der Waals surface area contributed by atoms with Gasteiger partial charge in [-0.05, 0) is 55.3 Å². The molecule has 0 atom stereocenters. The van der Waals surface area contributed by atoms with Gasteiger partial charge < -0.3 is 10.2 Å². The number of nitrogens with zero attached hydrogens (tertiary/aromatic N) is 4. The molecule has 0 aliphatic carbocycles. The molecule has 0 aliphatic rings. The van der Waals surface area contributed by atoms with Crippen molar-refractivity contribution < 1.29 is 4.79 Å². The molecular weight excluding hydrogens is 446 g/mol. The summed E-state index contributed by atoms with van der Waals surface area (Å²) in [6.07, 6.45) is 1.11. The molecule has 0 radical (unpaired) electrons. The molecule has 5 rings (SSSR count). The Morgan fingerprint density at radius 3 is 2.28 bits per heavy atom. The molecule has 2 aromatic heterocycles. The summed E-state index contributed by atoms with van der Waals surface area (Å²) in [5.74, 6) is 0.596. The van der Waals surface area contributed by atoms with E-state index >= 15 is 0 Å². The first-order valence-corrected chi connectivity index (χ1v) is 12.0. The lowest BCUT2D eigenvalue weighted by Crippen LogP contribution is -2.08. The first-order valence-electron chi connectivity index (χ1n) is 12.0. The van der Waals surface area contributed by atoms with Crippen LogP contribution >= 0.6 is 0 Å². The Balaban J connectivity index is 0.000000233. The lowest BCUT2D eigenvalue weighted by Gasteiger charge is -2.12. The van der Waals surface area contributed by atoms with E-state index in [1.807, 2.05) is 72.8 Å². The molecule has 5 aromatic rings. The van der Waals surface area contributed by atoms with Crippen molar-refractivity contribution in [3.8, 4) is 11.3 Å². The molecule has 0 unspecified atom stereocenters. The molecule has 36 heavy (non-hydrogen) atoms. The largest absolute Gasteiger partial charge is 0.378 e. The number of carbonyl (C=O) groups is 1. The smallest absolute Gasteiger partial charge is 0.247 e. The van der Waals surface area contributed by atoms with Gasteiger partial charge in [-0.25, -0.2) is 4.52 Å². The molecule has 0 spiro atoms. The number of Topliss-reactive ketones (excluding diaryl/α,β-unsaturated/α-hetero) is 1. The Labute approximate surface area is 212 Å². The number of para-hydroxylation sites is 1. The molecule has 0 amide bonds. The number of benzene rings is 3. The molecule has 3 aromatic carbocycles. The fourth-order valence-electron chi connectivity index (χ4n) is 3.76. The molecule has 1 N–H and O–H groups in total. The number of hydrogen-bond donors (Lipinski definition) is 1. The van der Waals surface area contributed by atoms with Gasteiger partial charge in [0, 0.05) is 36.6 Å². The highest BCUT2D eigenvalue weighted by Gasteiger charge is 2.09. The van der Waals surface area contributed by atoms with Crippen LogP contribution in [0.1, 0.15) is 29.8 Å². The molecule has 6 nitrogen and oxygen atoms in total. The Kier molecular flexibility index (Phi) is 7.75. The van der Waals surface area contributed by atoms with Crippen LogP contribution in [0.15, 0.2) is 97.1 Å². The number of carbonyl (C=O) groups excluding carboxylic acids is 1. The number of pyridine rings is 1. The minimum absolute atomic E-state index is 0.0554. The second-order valence-electron chi connectivity index (χ2n) is 8.66. The van der Waals surface area contributed by atoms with E-state index in [-0.39, 0.29) is 5.78 Å². The minimum Gasteiger partial charge on any atom is -0.378 e. The topological polar surface area (TPSA) is 62.5 Å². The summed E-state index contributed by atoms with van der Waals surface area (Å²) in [7, 11) is 4.13. The quantitative estimate of drug-likeness (QED) is 0.277. The minimum atomic E-state index is 0.0554. The van der Waals surface area contributed by atoms with Crippen molar-refractivity contribution in [2.75, 3.05) is 24.3 Å². The second-order valence-corrected chi connectivity index (χ2v) is 8.66. The van der Waals surface area contributed by atoms with Gasteiger partial charge in [-0.2, -0.15) is 4.98 Å². The highest BCUT2D eigenvalue weighted by molar-refractivity contribution is 5.94. The van der Waals surface area contributed by atoms with E-state index in [1.54, 1.807) is 11.4 Å². The van der Waals surface area contributed by atoms with E-state index in [0.29, 0.717) is 11.5 Å². The van der Waals surface area contributed by atoms with Gasteiger partial charge in [0.2, 0.25) is 5.95 Å². The molecule has 0 fully saturated rings. The van der Waals surface area contributed by atoms with E-state index in [2.05, 4.69) is 65.6 Å². The van der Waals surface area contributed by atoms with Gasteiger partial charge in [-0.3, -0.25) is 4.79 Å². The first kappa shape index (κ1) is 24.7. The maximum Gasteiger partial charge on any atom is 0.247 e. The van der Waals surface area contributed by atoms with E-state index in [9.17, 15) is 4.79 Å². The monoisotopic (exact) mass is 477 g/mol. The van der Waals surface area contributed by atoms with Crippen molar-refractivity contribution in [2.45, 2.75) is 20.3 Å². The van der Waals surface area contributed by atoms with Crippen LogP contribution < -0.4 is 10.2 Å². The molecule has 6 heteroatoms. The van der Waals surface area contributed by atoms with Crippen molar-refractivity contribution in [3.05, 3.63) is 108 Å². The predicted octanol–water partition coefficient (Wildman–Crippen LogP) is 6.66. The highest BCUT2D eigenvalue weighted by Crippen LogP contribution is 2.22. The van der Waals surface area contributed by atoms with Gasteiger partial charge in [-0.1, -0.05) is 67.6 Å². The van der Waals surface area contributed by atoms with Crippen molar-refractivity contribution >= 4 is 28.8 Å². The lowest BCUT2D eigenvalue weighted by atomic mass is 10.1. The summed E-state index contributed by atoms with van der Waals surface area (Å²) in [5.41, 5.74) is 6.96. The highest BCUT2D eigenvalue weighted by atomic mass is 16.1. The van der Waals surface area contributed by atoms with E-state index in [0.717, 1.165) is 29.0 Å². The van der Waals surface area contributed by atoms with Crippen LogP contribution in [0.2, 0.25) is 0 Å². The number of nitrogens with one attached hydrogen (secondary N) is 1. The van der Waals surface area contributed by atoms with Gasteiger partial charge in [0.15, 0.2) is 11.4 Å². The van der Waals surface area contributed by atoms with Crippen molar-refractivity contribution in [1.82, 2.24) is 14.6 Å². The zero-order valence-corrected chi connectivity index (χ0v) is 21.1. The third-order valence-electron chi connectivity index (χ3n) is 5.81. The molecule has 182 valence electrons. The van der Waals surface area contributed by atoms with Gasteiger partial charge in [-0.15, -0.1) is 5.10 Å². The SMILES string of the molecule is CC(=O)c1ccc(-c2cccc3nc(Nc4ccccc4)nn23)cc1.CCc1cccc(N(C)C)c1. The molecule has 0 aliphatic heterocycles. The average molecular weight is 478 g/mol. The van der Waals surface area contributed by atoms with E-state index in [1.165, 1.54) is 11.3 Å². The van der Waals surface area contributed by atoms with Crippen molar-refractivity contribution in [2.24, 2.45) is 0 Å². The summed E-state index contributed by atoms with van der Waals surface area (Å²) in [4.78, 5) is 18.1. The number of hydrogen-bond acceptors (Lipinski definition) is 5. The maximum absolute atomic E-state index is 11.4. The first-order chi connectivity index (χ1) is 17.4. The average Bonchev–Trinajstić information content (AvgIpc) is 3.32. The molecular formula is C30H31N5O. The van der Waals surface area contributed by atoms with Gasteiger partial charge in [0.25, 0.3) is 0 Å². The summed E-state index contributed by atoms with van der Waals surface area (Å²) in [6.45, 7) is 3.74. The summed E-state index contributed by atoms with van der Waals surface area (Å²) < 4.78 is 1.80. The normalized spacial score (nSPS) is 10.4. The van der Waals surface area contributed by atoms with Crippen LogP contribution in [0.5, 0.6) is 0 Å². The van der Waals surface area contributed by atoms with E-state index < -0.39 is 0 Å². The third-order valence-corrected chi connectivity index (χ3v) is 5.81. The fourth-order valence-corrected chi connectivity index (χ4v) is 3.76. The summed E-state index contributed by atoms with van der Waals surface area (Å²) in [5, 5.41) is 7.78. The Hall–Kier alpha value is -4.45. The molecule has 0 saturated carbocycles. The number of rotatable bonds is 6. The zero-order valence-electron chi connectivity index (χ0n) is 21.1. The number of ketones is 1. The van der Waals surface area contributed by atoms with Crippen molar-refractivity contribution in [1.29, 1.82) is 0 Å².